The molecule has 1 amide bonds. The normalized spacial score (nSPS) is 16.2. The average molecular weight is 421 g/mol. The topological polar surface area (TPSA) is 57.7 Å². The van der Waals surface area contributed by atoms with Gasteiger partial charge in [0.15, 0.2) is 0 Å². The molecule has 1 aromatic heterocycles. The van der Waals surface area contributed by atoms with Gasteiger partial charge in [-0.1, -0.05) is 30.3 Å². The first kappa shape index (κ1) is 21.0. The zero-order valence-corrected chi connectivity index (χ0v) is 18.1. The van der Waals surface area contributed by atoms with E-state index in [1.165, 1.54) is 25.9 Å². The third-order valence-corrected chi connectivity index (χ3v) is 7.53. The third-order valence-electron chi connectivity index (χ3n) is 5.24. The van der Waals surface area contributed by atoms with Crippen molar-refractivity contribution in [1.82, 2.24) is 9.21 Å². The van der Waals surface area contributed by atoms with Gasteiger partial charge in [0.1, 0.15) is 0 Å². The number of carbonyl (C=O) groups excluding carboxylic acids is 1. The molecule has 1 saturated heterocycles. The van der Waals surface area contributed by atoms with Crippen LogP contribution in [0.25, 0.3) is 0 Å². The highest BCUT2D eigenvalue weighted by Crippen LogP contribution is 2.24. The molecule has 3 rings (SSSR count). The Balaban J connectivity index is 1.67. The van der Waals surface area contributed by atoms with Gasteiger partial charge in [-0.05, 0) is 43.9 Å². The highest BCUT2D eigenvalue weighted by Gasteiger charge is 2.31. The van der Waals surface area contributed by atoms with E-state index < -0.39 is 10.0 Å². The lowest BCUT2D eigenvalue weighted by Crippen LogP contribution is -2.44. The molecule has 152 valence electrons. The molecule has 1 fully saturated rings. The smallest absolute Gasteiger partial charge is 0.226 e. The van der Waals surface area contributed by atoms with Gasteiger partial charge in [-0.25, -0.2) is 12.7 Å². The summed E-state index contributed by atoms with van der Waals surface area (Å²) in [5.41, 5.74) is 1.22. The molecule has 0 atom stereocenters. The molecule has 1 aromatic carbocycles. The summed E-state index contributed by atoms with van der Waals surface area (Å²) >= 11 is 1.72. The van der Waals surface area contributed by atoms with Crippen LogP contribution < -0.4 is 0 Å². The van der Waals surface area contributed by atoms with Crippen LogP contribution in [0.15, 0.2) is 42.5 Å². The molecule has 2 aromatic rings. The highest BCUT2D eigenvalue weighted by molar-refractivity contribution is 7.88. The molecule has 7 heteroatoms. The summed E-state index contributed by atoms with van der Waals surface area (Å²) in [7, 11) is -3.18. The number of carbonyl (C=O) groups is 1. The van der Waals surface area contributed by atoms with Crippen molar-refractivity contribution >= 4 is 27.3 Å². The molecule has 0 saturated carbocycles. The third kappa shape index (κ3) is 5.65. The number of piperidine rings is 1. The number of hydrogen-bond donors (Lipinski definition) is 0. The van der Waals surface area contributed by atoms with Gasteiger partial charge in [0, 0.05) is 35.3 Å². The molecule has 0 bridgehead atoms. The quantitative estimate of drug-likeness (QED) is 0.691. The number of nitrogens with zero attached hydrogens (tertiary/aromatic N) is 2. The van der Waals surface area contributed by atoms with Crippen molar-refractivity contribution in [3.8, 4) is 0 Å². The van der Waals surface area contributed by atoms with Crippen LogP contribution in [0, 0.1) is 12.8 Å². The van der Waals surface area contributed by atoms with E-state index in [9.17, 15) is 13.2 Å². The monoisotopic (exact) mass is 420 g/mol. The Labute approximate surface area is 172 Å². The molecule has 0 aliphatic carbocycles. The molecular weight excluding hydrogens is 392 g/mol. The first-order valence-electron chi connectivity index (χ1n) is 9.66. The van der Waals surface area contributed by atoms with Crippen molar-refractivity contribution < 1.29 is 13.2 Å². The van der Waals surface area contributed by atoms with Crippen LogP contribution in [0.1, 0.15) is 28.2 Å². The van der Waals surface area contributed by atoms with Gasteiger partial charge < -0.3 is 4.90 Å². The second kappa shape index (κ2) is 9.20. The number of benzene rings is 1. The SMILES string of the molecule is Cc1ccc(CN(CCc2ccccc2)C(=O)C2CCN(S(C)(=O)=O)CC2)s1. The number of rotatable bonds is 7. The van der Waals surface area contributed by atoms with Crippen LogP contribution in [-0.4, -0.2) is 49.4 Å². The Kier molecular flexibility index (Phi) is 6.91. The fraction of sp³-hybridized carbons (Fsp3) is 0.476. The van der Waals surface area contributed by atoms with Gasteiger partial charge in [0.05, 0.1) is 12.8 Å². The van der Waals surface area contributed by atoms with Crippen LogP contribution in [0.4, 0.5) is 0 Å². The van der Waals surface area contributed by atoms with Crippen molar-refractivity contribution in [3.05, 3.63) is 57.8 Å². The van der Waals surface area contributed by atoms with Crippen LogP contribution in [0.2, 0.25) is 0 Å². The van der Waals surface area contributed by atoms with Gasteiger partial charge in [-0.3, -0.25) is 4.79 Å². The largest absolute Gasteiger partial charge is 0.337 e. The minimum Gasteiger partial charge on any atom is -0.337 e. The number of sulfonamides is 1. The summed E-state index contributed by atoms with van der Waals surface area (Å²) < 4.78 is 24.9. The minimum absolute atomic E-state index is 0.102. The Bertz CT molecular complexity index is 885. The van der Waals surface area contributed by atoms with Gasteiger partial charge in [0.2, 0.25) is 15.9 Å². The van der Waals surface area contributed by atoms with E-state index in [1.807, 2.05) is 23.1 Å². The number of hydrogen-bond acceptors (Lipinski definition) is 4. The van der Waals surface area contributed by atoms with Crippen molar-refractivity contribution in [2.75, 3.05) is 25.9 Å². The lowest BCUT2D eigenvalue weighted by molar-refractivity contribution is -0.137. The van der Waals surface area contributed by atoms with E-state index in [0.717, 1.165) is 6.42 Å². The average Bonchev–Trinajstić information content (AvgIpc) is 3.09. The summed E-state index contributed by atoms with van der Waals surface area (Å²) in [6.07, 6.45) is 3.24. The van der Waals surface area contributed by atoms with Crippen LogP contribution in [0.5, 0.6) is 0 Å². The Morgan fingerprint density at radius 2 is 1.82 bits per heavy atom. The zero-order chi connectivity index (χ0) is 20.1. The Hall–Kier alpha value is -1.70. The second-order valence-corrected chi connectivity index (χ2v) is 10.8. The van der Waals surface area contributed by atoms with E-state index in [-0.39, 0.29) is 11.8 Å². The summed E-state index contributed by atoms with van der Waals surface area (Å²) in [4.78, 5) is 17.6. The zero-order valence-electron chi connectivity index (χ0n) is 16.5. The summed E-state index contributed by atoms with van der Waals surface area (Å²) in [5, 5.41) is 0. The van der Waals surface area contributed by atoms with E-state index in [2.05, 4.69) is 31.2 Å². The predicted molar refractivity (Wildman–Crippen MR) is 114 cm³/mol. The molecular formula is C21H28N2O3S2. The summed E-state index contributed by atoms with van der Waals surface area (Å²) in [6, 6.07) is 14.4. The molecule has 0 spiro atoms. The first-order valence-corrected chi connectivity index (χ1v) is 12.3. The van der Waals surface area contributed by atoms with E-state index in [1.54, 1.807) is 11.3 Å². The van der Waals surface area contributed by atoms with Crippen molar-refractivity contribution in [3.63, 3.8) is 0 Å². The lowest BCUT2D eigenvalue weighted by atomic mass is 9.96. The highest BCUT2D eigenvalue weighted by atomic mass is 32.2. The van der Waals surface area contributed by atoms with Crippen LogP contribution >= 0.6 is 11.3 Å². The molecule has 5 nitrogen and oxygen atoms in total. The van der Waals surface area contributed by atoms with Crippen molar-refractivity contribution in [1.29, 1.82) is 0 Å². The molecule has 1 aliphatic rings. The van der Waals surface area contributed by atoms with Gasteiger partial charge in [-0.2, -0.15) is 0 Å². The molecule has 0 unspecified atom stereocenters. The van der Waals surface area contributed by atoms with E-state index in [0.29, 0.717) is 39.0 Å². The van der Waals surface area contributed by atoms with Crippen LogP contribution in [-0.2, 0) is 27.8 Å². The van der Waals surface area contributed by atoms with Crippen molar-refractivity contribution in [2.24, 2.45) is 5.92 Å². The van der Waals surface area contributed by atoms with Crippen molar-refractivity contribution in [2.45, 2.75) is 32.7 Å². The second-order valence-electron chi connectivity index (χ2n) is 7.44. The molecule has 1 aliphatic heterocycles. The lowest BCUT2D eigenvalue weighted by Gasteiger charge is -2.33. The number of amides is 1. The standard InChI is InChI=1S/C21H28N2O3S2/c1-17-8-9-20(27-17)16-22(13-10-18-6-4-3-5-7-18)21(24)19-11-14-23(15-12-19)28(2,25)26/h3-9,19H,10-16H2,1-2H3. The maximum Gasteiger partial charge on any atom is 0.226 e. The molecule has 0 radical (unpaired) electrons. The fourth-order valence-corrected chi connectivity index (χ4v) is 5.41. The summed E-state index contributed by atoms with van der Waals surface area (Å²) in [5.74, 6) is 0.0463. The maximum atomic E-state index is 13.2. The first-order chi connectivity index (χ1) is 13.3. The Morgan fingerprint density at radius 3 is 2.39 bits per heavy atom. The van der Waals surface area contributed by atoms with Gasteiger partial charge >= 0.3 is 0 Å². The fourth-order valence-electron chi connectivity index (χ4n) is 3.63. The maximum absolute atomic E-state index is 13.2. The predicted octanol–water partition coefficient (Wildman–Crippen LogP) is 3.30. The molecule has 2 heterocycles. The summed E-state index contributed by atoms with van der Waals surface area (Å²) in [6.45, 7) is 4.23. The number of aryl methyl sites for hydroxylation is 1. The minimum atomic E-state index is -3.18. The Morgan fingerprint density at radius 1 is 1.14 bits per heavy atom. The molecule has 0 N–H and O–H groups in total. The number of thiophene rings is 1. The van der Waals surface area contributed by atoms with Gasteiger partial charge in [0.25, 0.3) is 0 Å². The molecule has 28 heavy (non-hydrogen) atoms. The van der Waals surface area contributed by atoms with E-state index >= 15 is 0 Å². The van der Waals surface area contributed by atoms with Crippen LogP contribution in [0.3, 0.4) is 0 Å². The van der Waals surface area contributed by atoms with Gasteiger partial charge in [-0.15, -0.1) is 11.3 Å². The van der Waals surface area contributed by atoms with E-state index in [4.69, 9.17) is 0 Å².